The van der Waals surface area contributed by atoms with Gasteiger partial charge in [0.05, 0.1) is 23.4 Å². The Bertz CT molecular complexity index is 1880. The smallest absolute Gasteiger partial charge is 0.198 e. The van der Waals surface area contributed by atoms with E-state index < -0.39 is 0 Å². The molecule has 6 aromatic rings. The van der Waals surface area contributed by atoms with Gasteiger partial charge >= 0.3 is 0 Å². The zero-order valence-electron chi connectivity index (χ0n) is 21.2. The number of aromatic nitrogens is 1. The molecule has 1 radical (unpaired) electrons. The summed E-state index contributed by atoms with van der Waals surface area (Å²) >= 11 is 0. The number of fused-ring (bicyclic) bond motifs is 4. The first-order chi connectivity index (χ1) is 18.5. The fraction of sp³-hybridized carbons (Fsp3) is 0.0606. The Labute approximate surface area is 239 Å². The van der Waals surface area contributed by atoms with Crippen molar-refractivity contribution in [3.05, 3.63) is 120 Å². The van der Waals surface area contributed by atoms with Crippen LogP contribution in [0.3, 0.4) is 0 Å². The molecule has 0 fully saturated rings. The van der Waals surface area contributed by atoms with Gasteiger partial charge in [0.1, 0.15) is 5.58 Å². The number of aliphatic hydroxyl groups excluding tert-OH is 1. The van der Waals surface area contributed by atoms with E-state index in [1.165, 1.54) is 19.9 Å². The molecule has 0 unspecified atom stereocenters. The summed E-state index contributed by atoms with van der Waals surface area (Å²) in [6, 6.07) is 33.2. The Morgan fingerprint density at radius 2 is 1.64 bits per heavy atom. The van der Waals surface area contributed by atoms with Crippen molar-refractivity contribution in [2.45, 2.75) is 13.8 Å². The molecule has 0 saturated carbocycles. The summed E-state index contributed by atoms with van der Waals surface area (Å²) < 4.78 is 6.46. The number of carbonyl (C=O) groups excluding carboxylic acids is 1. The second kappa shape index (κ2) is 11.9. The molecule has 0 amide bonds. The van der Waals surface area contributed by atoms with E-state index in [4.69, 9.17) is 21.1 Å². The Balaban J connectivity index is 0.000000394. The summed E-state index contributed by atoms with van der Waals surface area (Å²) in [5.41, 5.74) is 6.39. The number of hydrogen-bond donors (Lipinski definition) is 1. The summed E-state index contributed by atoms with van der Waals surface area (Å²) in [5, 5.41) is 11.4. The maximum atomic E-state index is 10.0. The zero-order chi connectivity index (χ0) is 26.6. The maximum Gasteiger partial charge on any atom is 0.198 e. The van der Waals surface area contributed by atoms with E-state index in [1.807, 2.05) is 78.9 Å². The fourth-order valence-corrected chi connectivity index (χ4v) is 4.46. The number of nitrogens with zero attached hydrogens (tertiary/aromatic N) is 2. The number of para-hydroxylation sites is 1. The van der Waals surface area contributed by atoms with Gasteiger partial charge < -0.3 is 9.52 Å². The van der Waals surface area contributed by atoms with E-state index in [0.717, 1.165) is 55.2 Å². The van der Waals surface area contributed by atoms with E-state index in [2.05, 4.69) is 23.0 Å². The molecule has 1 N–H and O–H groups in total. The van der Waals surface area contributed by atoms with E-state index in [-0.39, 0.29) is 31.6 Å². The van der Waals surface area contributed by atoms with Gasteiger partial charge in [0.15, 0.2) is 11.5 Å². The molecule has 0 bridgehead atoms. The summed E-state index contributed by atoms with van der Waals surface area (Å²) in [7, 11) is 0. The van der Waals surface area contributed by atoms with Gasteiger partial charge in [-0.05, 0) is 36.6 Å². The van der Waals surface area contributed by atoms with Crippen molar-refractivity contribution in [1.82, 2.24) is 4.98 Å². The molecule has 0 aliphatic rings. The molecule has 39 heavy (non-hydrogen) atoms. The number of hydrogen-bond acceptors (Lipinski definition) is 4. The molecule has 193 valence electrons. The van der Waals surface area contributed by atoms with Crippen LogP contribution in [0, 0.1) is 12.6 Å². The number of aliphatic hydroxyl groups is 1. The minimum Gasteiger partial charge on any atom is -0.512 e. The van der Waals surface area contributed by atoms with Gasteiger partial charge in [0.25, 0.3) is 0 Å². The van der Waals surface area contributed by atoms with Gasteiger partial charge in [0, 0.05) is 37.1 Å². The van der Waals surface area contributed by atoms with Crippen LogP contribution in [0.2, 0.25) is 0 Å². The van der Waals surface area contributed by atoms with Gasteiger partial charge in [-0.2, -0.15) is 0 Å². The Hall–Kier alpha value is -4.56. The van der Waals surface area contributed by atoms with E-state index in [1.54, 1.807) is 0 Å². The van der Waals surface area contributed by atoms with Crippen molar-refractivity contribution in [3.8, 4) is 22.4 Å². The van der Waals surface area contributed by atoms with Crippen LogP contribution >= 0.6 is 0 Å². The third kappa shape index (κ3) is 5.66. The topological polar surface area (TPSA) is 67.7 Å². The zero-order valence-corrected chi connectivity index (χ0v) is 23.6. The van der Waals surface area contributed by atoms with Crippen LogP contribution in [0.4, 0.5) is 5.69 Å². The summed E-state index contributed by atoms with van der Waals surface area (Å²) in [6.45, 7) is 10.5. The number of ketones is 1. The van der Waals surface area contributed by atoms with E-state index in [0.29, 0.717) is 5.69 Å². The Morgan fingerprint density at radius 1 is 0.923 bits per heavy atom. The van der Waals surface area contributed by atoms with Gasteiger partial charge in [-0.15, -0.1) is 18.2 Å². The van der Waals surface area contributed by atoms with Gasteiger partial charge in [-0.25, -0.2) is 4.85 Å². The number of benzene rings is 4. The number of carbonyl (C=O) groups is 1. The van der Waals surface area contributed by atoms with Crippen molar-refractivity contribution in [2.24, 2.45) is 0 Å². The van der Waals surface area contributed by atoms with Crippen LogP contribution in [0.15, 0.2) is 107 Å². The molecule has 0 spiro atoms. The van der Waals surface area contributed by atoms with Gasteiger partial charge in [0.2, 0.25) is 0 Å². The van der Waals surface area contributed by atoms with Crippen LogP contribution in [0.25, 0.3) is 60.1 Å². The van der Waals surface area contributed by atoms with Crippen molar-refractivity contribution in [1.29, 1.82) is 0 Å². The van der Waals surface area contributed by atoms with Crippen LogP contribution in [0.1, 0.15) is 13.8 Å². The van der Waals surface area contributed by atoms with Crippen LogP contribution in [0.5, 0.6) is 0 Å². The first-order valence-corrected chi connectivity index (χ1v) is 12.0. The van der Waals surface area contributed by atoms with Crippen molar-refractivity contribution in [3.63, 3.8) is 0 Å². The first kappa shape index (κ1) is 27.5. The minimum atomic E-state index is -0.125. The van der Waals surface area contributed by atoms with Crippen LogP contribution in [-0.4, -0.2) is 15.9 Å². The monoisotopic (exact) mass is 688 g/mol. The number of rotatable bonds is 3. The van der Waals surface area contributed by atoms with Crippen molar-refractivity contribution < 1.29 is 34.4 Å². The maximum absolute atomic E-state index is 10.0. The molecular formula is C33H23IrN2O3-. The largest absolute Gasteiger partial charge is 0.512 e. The molecule has 6 rings (SSSR count). The van der Waals surface area contributed by atoms with Crippen LogP contribution < -0.4 is 0 Å². The molecular weight excluding hydrogens is 665 g/mol. The standard InChI is InChI=1S/C28H15N2O.C5H8O2.Ir/c1-29-25-17-15-21-20-11-7-12-22(24-16-14-18-8-5-6-13-23(18)30-24)27(20)31-28(21)26(25)19-9-3-2-4-10-19;1-4(6)3-5(2)7;/h2-11,13-17H;3,6H,1-2H3;/q-1;;/b;4-3-;. The predicted molar refractivity (Wildman–Crippen MR) is 152 cm³/mol. The third-order valence-electron chi connectivity index (χ3n) is 6.03. The molecule has 2 aromatic heterocycles. The van der Waals surface area contributed by atoms with Crippen molar-refractivity contribution in [2.75, 3.05) is 0 Å². The minimum absolute atomic E-state index is 0. The van der Waals surface area contributed by atoms with Gasteiger partial charge in [-0.3, -0.25) is 9.78 Å². The normalized spacial score (nSPS) is 10.9. The molecule has 0 saturated heterocycles. The molecule has 2 heterocycles. The third-order valence-corrected chi connectivity index (χ3v) is 6.03. The van der Waals surface area contributed by atoms with E-state index >= 15 is 0 Å². The second-order valence-corrected chi connectivity index (χ2v) is 8.80. The first-order valence-electron chi connectivity index (χ1n) is 12.0. The summed E-state index contributed by atoms with van der Waals surface area (Å²) in [5.74, 6) is -0.0625. The van der Waals surface area contributed by atoms with Gasteiger partial charge in [-0.1, -0.05) is 83.7 Å². The molecule has 0 aliphatic carbocycles. The number of furan rings is 1. The van der Waals surface area contributed by atoms with E-state index in [9.17, 15) is 4.79 Å². The number of pyridine rings is 1. The average molecular weight is 688 g/mol. The number of allylic oxidation sites excluding steroid dienone is 2. The average Bonchev–Trinajstić information content (AvgIpc) is 3.31. The second-order valence-electron chi connectivity index (χ2n) is 8.80. The molecule has 5 nitrogen and oxygen atoms in total. The molecule has 6 heteroatoms. The molecule has 4 aromatic carbocycles. The SMILES string of the molecule is CC(=O)/C=C(/C)O.[C-]#[N+]c1ccc2c(oc3c(-c4ccc5ccccc5n4)[c-]ccc32)c1-c1ccccc1.[Ir]. The predicted octanol–water partition coefficient (Wildman–Crippen LogP) is 8.85. The fourth-order valence-electron chi connectivity index (χ4n) is 4.46. The Kier molecular flexibility index (Phi) is 8.36. The quantitative estimate of drug-likeness (QED) is 0.115. The van der Waals surface area contributed by atoms with Crippen molar-refractivity contribution >= 4 is 44.3 Å². The molecule has 0 aliphatic heterocycles. The summed E-state index contributed by atoms with van der Waals surface area (Å²) in [6.07, 6.45) is 1.17. The molecule has 0 atom stereocenters. The summed E-state index contributed by atoms with van der Waals surface area (Å²) in [4.78, 5) is 18.6. The Morgan fingerprint density at radius 3 is 2.33 bits per heavy atom. The van der Waals surface area contributed by atoms with Crippen LogP contribution in [-0.2, 0) is 24.9 Å².